The molecular formula is C19H21FN6O. The maximum atomic E-state index is 13.5. The molecule has 0 fully saturated rings. The van der Waals surface area contributed by atoms with Crippen LogP contribution < -0.4 is 10.6 Å². The molecular weight excluding hydrogens is 347 g/mol. The first kappa shape index (κ1) is 18.5. The molecule has 1 amide bonds. The number of halogens is 1. The molecule has 0 spiro atoms. The first-order chi connectivity index (χ1) is 12.9. The van der Waals surface area contributed by atoms with Crippen molar-refractivity contribution in [2.75, 3.05) is 18.4 Å². The third-order valence-corrected chi connectivity index (χ3v) is 4.03. The first-order valence-corrected chi connectivity index (χ1v) is 8.58. The molecule has 0 bridgehead atoms. The van der Waals surface area contributed by atoms with Crippen LogP contribution in [0.3, 0.4) is 0 Å². The number of anilines is 1. The molecule has 8 heteroatoms. The third-order valence-electron chi connectivity index (χ3n) is 4.03. The predicted molar refractivity (Wildman–Crippen MR) is 101 cm³/mol. The summed E-state index contributed by atoms with van der Waals surface area (Å²) in [5, 5.41) is 10.3. The Morgan fingerprint density at radius 3 is 2.63 bits per heavy atom. The van der Waals surface area contributed by atoms with Gasteiger partial charge in [-0.2, -0.15) is 5.10 Å². The smallest absolute Gasteiger partial charge is 0.251 e. The van der Waals surface area contributed by atoms with E-state index >= 15 is 0 Å². The van der Waals surface area contributed by atoms with Gasteiger partial charge in [-0.05, 0) is 44.5 Å². The van der Waals surface area contributed by atoms with Crippen LogP contribution in [0.4, 0.5) is 10.2 Å². The zero-order valence-electron chi connectivity index (χ0n) is 15.5. The highest BCUT2D eigenvalue weighted by atomic mass is 19.1. The van der Waals surface area contributed by atoms with Gasteiger partial charge in [-0.1, -0.05) is 6.07 Å². The number of nitrogens with zero attached hydrogens (tertiary/aromatic N) is 4. The van der Waals surface area contributed by atoms with Crippen molar-refractivity contribution in [2.24, 2.45) is 0 Å². The van der Waals surface area contributed by atoms with E-state index in [-0.39, 0.29) is 5.91 Å². The molecule has 0 atom stereocenters. The van der Waals surface area contributed by atoms with Crippen molar-refractivity contribution in [2.45, 2.75) is 20.8 Å². The van der Waals surface area contributed by atoms with Gasteiger partial charge in [0.1, 0.15) is 18.0 Å². The zero-order valence-corrected chi connectivity index (χ0v) is 15.5. The summed E-state index contributed by atoms with van der Waals surface area (Å²) in [4.78, 5) is 20.5. The number of aromatic nitrogens is 4. The summed E-state index contributed by atoms with van der Waals surface area (Å²) in [6.45, 7) is 6.37. The minimum Gasteiger partial charge on any atom is -0.368 e. The molecule has 0 aliphatic carbocycles. The molecule has 7 nitrogen and oxygen atoms in total. The number of hydrogen-bond donors (Lipinski definition) is 2. The fourth-order valence-electron chi connectivity index (χ4n) is 2.62. The van der Waals surface area contributed by atoms with Gasteiger partial charge in [0.2, 0.25) is 0 Å². The summed E-state index contributed by atoms with van der Waals surface area (Å²) >= 11 is 0. The van der Waals surface area contributed by atoms with Crippen LogP contribution in [0, 0.1) is 26.6 Å². The molecule has 3 rings (SSSR count). The lowest BCUT2D eigenvalue weighted by Crippen LogP contribution is -2.29. The molecule has 0 saturated carbocycles. The van der Waals surface area contributed by atoms with Crippen LogP contribution >= 0.6 is 0 Å². The highest BCUT2D eigenvalue weighted by molar-refractivity contribution is 5.94. The van der Waals surface area contributed by atoms with Crippen molar-refractivity contribution in [1.82, 2.24) is 25.1 Å². The molecule has 3 aromatic rings. The number of carbonyl (C=O) groups excluding carboxylic acids is 1. The second-order valence-corrected chi connectivity index (χ2v) is 6.25. The number of rotatable bonds is 6. The van der Waals surface area contributed by atoms with Gasteiger partial charge >= 0.3 is 0 Å². The largest absolute Gasteiger partial charge is 0.368 e. The molecule has 2 heterocycles. The van der Waals surface area contributed by atoms with E-state index in [0.717, 1.165) is 11.4 Å². The Morgan fingerprint density at radius 1 is 1.11 bits per heavy atom. The molecule has 140 valence electrons. The van der Waals surface area contributed by atoms with E-state index in [1.807, 2.05) is 19.9 Å². The number of benzene rings is 1. The van der Waals surface area contributed by atoms with Gasteiger partial charge in [0.05, 0.1) is 5.69 Å². The van der Waals surface area contributed by atoms with Crippen molar-refractivity contribution in [3.63, 3.8) is 0 Å². The molecule has 2 aromatic heterocycles. The van der Waals surface area contributed by atoms with Crippen LogP contribution in [0.25, 0.3) is 5.82 Å². The van der Waals surface area contributed by atoms with Gasteiger partial charge in [-0.25, -0.2) is 19.0 Å². The molecule has 1 aromatic carbocycles. The quantitative estimate of drug-likeness (QED) is 0.653. The summed E-state index contributed by atoms with van der Waals surface area (Å²) in [6, 6.07) is 8.19. The van der Waals surface area contributed by atoms with Crippen molar-refractivity contribution in [1.29, 1.82) is 0 Å². The van der Waals surface area contributed by atoms with Crippen molar-refractivity contribution in [3.05, 3.63) is 65.0 Å². The maximum Gasteiger partial charge on any atom is 0.251 e. The molecule has 27 heavy (non-hydrogen) atoms. The number of aryl methyl sites for hydroxylation is 3. The normalized spacial score (nSPS) is 10.7. The monoisotopic (exact) mass is 368 g/mol. The Kier molecular flexibility index (Phi) is 5.44. The van der Waals surface area contributed by atoms with E-state index < -0.39 is 5.82 Å². The van der Waals surface area contributed by atoms with E-state index in [1.54, 1.807) is 29.8 Å². The minimum atomic E-state index is -0.390. The number of hydrogen-bond acceptors (Lipinski definition) is 5. The number of nitrogens with one attached hydrogen (secondary N) is 2. The summed E-state index contributed by atoms with van der Waals surface area (Å²) in [6.07, 6.45) is 1.46. The minimum absolute atomic E-state index is 0.298. The highest BCUT2D eigenvalue weighted by Crippen LogP contribution is 2.12. The van der Waals surface area contributed by atoms with Crippen LogP contribution in [0.1, 0.15) is 27.3 Å². The molecule has 0 radical (unpaired) electrons. The first-order valence-electron chi connectivity index (χ1n) is 8.58. The average molecular weight is 368 g/mol. The highest BCUT2D eigenvalue weighted by Gasteiger charge is 2.08. The standard InChI is InChI=1S/C19H21FN6O/c1-12-4-5-15(9-16(12)20)19(27)22-7-6-21-17-10-18(24-11-23-17)26-14(3)8-13(2)25-26/h4-5,8-11H,6-7H2,1-3H3,(H,22,27)(H,21,23,24). The lowest BCUT2D eigenvalue weighted by molar-refractivity contribution is 0.0954. The second-order valence-electron chi connectivity index (χ2n) is 6.25. The van der Waals surface area contributed by atoms with Gasteiger partial charge in [0.25, 0.3) is 5.91 Å². The Morgan fingerprint density at radius 2 is 1.93 bits per heavy atom. The van der Waals surface area contributed by atoms with Crippen LogP contribution in [-0.2, 0) is 0 Å². The third kappa shape index (κ3) is 4.46. The molecule has 0 unspecified atom stereocenters. The Bertz CT molecular complexity index is 969. The Balaban J connectivity index is 1.55. The summed E-state index contributed by atoms with van der Waals surface area (Å²) < 4.78 is 15.3. The van der Waals surface area contributed by atoms with Crippen LogP contribution in [0.5, 0.6) is 0 Å². The molecule has 0 aliphatic heterocycles. The average Bonchev–Trinajstić information content (AvgIpc) is 2.99. The molecule has 0 aliphatic rings. The predicted octanol–water partition coefficient (Wildman–Crippen LogP) is 2.57. The Hall–Kier alpha value is -3.29. The van der Waals surface area contributed by atoms with Gasteiger partial charge < -0.3 is 10.6 Å². The van der Waals surface area contributed by atoms with E-state index in [2.05, 4.69) is 25.7 Å². The van der Waals surface area contributed by atoms with Gasteiger partial charge in [-0.15, -0.1) is 0 Å². The molecule has 2 N–H and O–H groups in total. The maximum absolute atomic E-state index is 13.5. The van der Waals surface area contributed by atoms with E-state index in [9.17, 15) is 9.18 Å². The Labute approximate surface area is 156 Å². The number of amides is 1. The van der Waals surface area contributed by atoms with Crippen LogP contribution in [-0.4, -0.2) is 38.7 Å². The van der Waals surface area contributed by atoms with E-state index in [4.69, 9.17) is 0 Å². The summed E-state index contributed by atoms with van der Waals surface area (Å²) in [5.41, 5.74) is 2.70. The second kappa shape index (κ2) is 7.94. The van der Waals surface area contributed by atoms with Gasteiger partial charge in [-0.3, -0.25) is 4.79 Å². The van der Waals surface area contributed by atoms with Gasteiger partial charge in [0, 0.05) is 30.4 Å². The summed E-state index contributed by atoms with van der Waals surface area (Å²) in [5.74, 6) is 0.584. The lowest BCUT2D eigenvalue weighted by atomic mass is 10.1. The zero-order chi connectivity index (χ0) is 19.4. The summed E-state index contributed by atoms with van der Waals surface area (Å²) in [7, 11) is 0. The van der Waals surface area contributed by atoms with E-state index in [1.165, 1.54) is 12.4 Å². The van der Waals surface area contributed by atoms with Crippen LogP contribution in [0.15, 0.2) is 36.7 Å². The van der Waals surface area contributed by atoms with Crippen molar-refractivity contribution in [3.8, 4) is 5.82 Å². The van der Waals surface area contributed by atoms with E-state index in [0.29, 0.717) is 35.9 Å². The topological polar surface area (TPSA) is 84.7 Å². The lowest BCUT2D eigenvalue weighted by Gasteiger charge is -2.09. The fraction of sp³-hybridized carbons (Fsp3) is 0.263. The van der Waals surface area contributed by atoms with Gasteiger partial charge in [0.15, 0.2) is 5.82 Å². The van der Waals surface area contributed by atoms with Crippen molar-refractivity contribution < 1.29 is 9.18 Å². The number of carbonyl (C=O) groups is 1. The van der Waals surface area contributed by atoms with Crippen LogP contribution in [0.2, 0.25) is 0 Å². The van der Waals surface area contributed by atoms with Crippen molar-refractivity contribution >= 4 is 11.7 Å². The SMILES string of the molecule is Cc1cc(C)n(-c2cc(NCCNC(=O)c3ccc(C)c(F)c3)ncn2)n1. The fourth-order valence-corrected chi connectivity index (χ4v) is 2.62. The molecule has 0 saturated heterocycles.